The van der Waals surface area contributed by atoms with E-state index < -0.39 is 22.5 Å². The van der Waals surface area contributed by atoms with Crippen LogP contribution in [-0.2, 0) is 4.74 Å². The zero-order chi connectivity index (χ0) is 17.7. The first-order valence-electron chi connectivity index (χ1n) is 7.67. The zero-order valence-electron chi connectivity index (χ0n) is 13.4. The molecule has 24 heavy (non-hydrogen) atoms. The number of nitro benzene ring substituents is 1. The van der Waals surface area contributed by atoms with Gasteiger partial charge in [-0.2, -0.15) is 0 Å². The summed E-state index contributed by atoms with van der Waals surface area (Å²) < 4.78 is 5.10. The third kappa shape index (κ3) is 4.08. The molecule has 0 aliphatic heterocycles. The molecule has 1 aliphatic rings. The molecule has 0 unspecified atom stereocenters. The maximum absolute atomic E-state index is 12.3. The number of nitrogens with one attached hydrogen (secondary N) is 1. The lowest BCUT2D eigenvalue weighted by Gasteiger charge is -2.42. The van der Waals surface area contributed by atoms with Crippen molar-refractivity contribution < 1.29 is 24.4 Å². The van der Waals surface area contributed by atoms with Gasteiger partial charge in [-0.15, -0.1) is 0 Å². The number of ether oxygens (including phenoxy) is 1. The minimum Gasteiger partial charge on any atom is -0.478 e. The average Bonchev–Trinajstić information content (AvgIpc) is 2.52. The molecular formula is C16H20N2O6. The molecular weight excluding hydrogens is 316 g/mol. The van der Waals surface area contributed by atoms with Gasteiger partial charge in [0.2, 0.25) is 0 Å². The van der Waals surface area contributed by atoms with E-state index in [1.165, 1.54) is 0 Å². The van der Waals surface area contributed by atoms with Gasteiger partial charge >= 0.3 is 5.97 Å². The van der Waals surface area contributed by atoms with Crippen molar-refractivity contribution in [2.24, 2.45) is 5.41 Å². The molecule has 0 radical (unpaired) electrons. The summed E-state index contributed by atoms with van der Waals surface area (Å²) in [7, 11) is 1.63. The highest BCUT2D eigenvalue weighted by atomic mass is 16.6. The average molecular weight is 336 g/mol. The van der Waals surface area contributed by atoms with Crippen LogP contribution in [0.25, 0.3) is 0 Å². The zero-order valence-corrected chi connectivity index (χ0v) is 13.4. The molecule has 1 saturated carbocycles. The third-order valence-corrected chi connectivity index (χ3v) is 4.51. The summed E-state index contributed by atoms with van der Waals surface area (Å²) in [6, 6.07) is 3.17. The molecule has 1 fully saturated rings. The van der Waals surface area contributed by atoms with Crippen LogP contribution in [-0.4, -0.2) is 42.2 Å². The molecule has 0 saturated heterocycles. The van der Waals surface area contributed by atoms with Gasteiger partial charge in [0, 0.05) is 38.0 Å². The monoisotopic (exact) mass is 336 g/mol. The Morgan fingerprint density at radius 1 is 1.33 bits per heavy atom. The Morgan fingerprint density at radius 2 is 2.00 bits per heavy atom. The number of benzene rings is 1. The second-order valence-electron chi connectivity index (χ2n) is 6.11. The molecule has 8 nitrogen and oxygen atoms in total. The summed E-state index contributed by atoms with van der Waals surface area (Å²) >= 11 is 0. The van der Waals surface area contributed by atoms with Gasteiger partial charge in [0.05, 0.1) is 10.5 Å². The Bertz CT molecular complexity index is 622. The van der Waals surface area contributed by atoms with E-state index in [-0.39, 0.29) is 16.5 Å². The van der Waals surface area contributed by atoms with Crippen LogP contribution in [0.1, 0.15) is 46.4 Å². The van der Waals surface area contributed by atoms with Crippen LogP contribution in [0.5, 0.6) is 0 Å². The lowest BCUT2D eigenvalue weighted by Crippen LogP contribution is -2.42. The molecule has 1 amide bonds. The first kappa shape index (κ1) is 17.9. The van der Waals surface area contributed by atoms with Crippen LogP contribution in [0.3, 0.4) is 0 Å². The second-order valence-corrected chi connectivity index (χ2v) is 6.11. The smallest absolute Gasteiger partial charge is 0.335 e. The van der Waals surface area contributed by atoms with E-state index in [2.05, 4.69) is 5.32 Å². The molecule has 8 heteroatoms. The van der Waals surface area contributed by atoms with E-state index in [0.717, 1.165) is 43.9 Å². The van der Waals surface area contributed by atoms with Crippen LogP contribution in [0.2, 0.25) is 0 Å². The van der Waals surface area contributed by atoms with Crippen molar-refractivity contribution >= 4 is 17.6 Å². The summed E-state index contributed by atoms with van der Waals surface area (Å²) in [5, 5.41) is 22.7. The maximum Gasteiger partial charge on any atom is 0.335 e. The van der Waals surface area contributed by atoms with Crippen molar-refractivity contribution in [1.29, 1.82) is 0 Å². The summed E-state index contributed by atoms with van der Waals surface area (Å²) in [5.74, 6) is -1.83. The molecule has 0 spiro atoms. The first-order chi connectivity index (χ1) is 11.4. The number of carboxylic acids is 1. The van der Waals surface area contributed by atoms with Crippen LogP contribution >= 0.6 is 0 Å². The van der Waals surface area contributed by atoms with Crippen LogP contribution in [0.4, 0.5) is 5.69 Å². The molecule has 0 heterocycles. The second kappa shape index (κ2) is 7.39. The fraction of sp³-hybridized carbons (Fsp3) is 0.500. The highest BCUT2D eigenvalue weighted by Crippen LogP contribution is 2.43. The van der Waals surface area contributed by atoms with Crippen molar-refractivity contribution in [3.8, 4) is 0 Å². The topological polar surface area (TPSA) is 119 Å². The highest BCUT2D eigenvalue weighted by Gasteiger charge is 2.36. The number of amides is 1. The standard InChI is InChI=1S/C16H20N2O6/c1-24-6-5-16(3-2-4-16)10-17-14(19)11-7-12(15(20)21)9-13(8-11)18(22)23/h7-9H,2-6,10H2,1H3,(H,17,19)(H,20,21). The molecule has 0 bridgehead atoms. The number of carbonyl (C=O) groups is 2. The minimum absolute atomic E-state index is 0.00200. The van der Waals surface area contributed by atoms with Gasteiger partial charge in [0.25, 0.3) is 11.6 Å². The van der Waals surface area contributed by atoms with E-state index >= 15 is 0 Å². The Labute approximate surface area is 139 Å². The molecule has 130 valence electrons. The van der Waals surface area contributed by atoms with Crippen LogP contribution in [0, 0.1) is 15.5 Å². The summed E-state index contributed by atoms with van der Waals surface area (Å²) in [6.45, 7) is 1.05. The van der Waals surface area contributed by atoms with E-state index in [0.29, 0.717) is 13.2 Å². The van der Waals surface area contributed by atoms with Crippen molar-refractivity contribution in [3.63, 3.8) is 0 Å². The Balaban J connectivity index is 2.11. The van der Waals surface area contributed by atoms with Crippen molar-refractivity contribution in [3.05, 3.63) is 39.4 Å². The number of hydrogen-bond acceptors (Lipinski definition) is 5. The minimum atomic E-state index is -1.32. The lowest BCUT2D eigenvalue weighted by molar-refractivity contribution is -0.384. The normalized spacial score (nSPS) is 15.4. The number of carbonyl (C=O) groups excluding carboxylic acids is 1. The van der Waals surface area contributed by atoms with Gasteiger partial charge in [0.1, 0.15) is 0 Å². The predicted molar refractivity (Wildman–Crippen MR) is 85.2 cm³/mol. The highest BCUT2D eigenvalue weighted by molar-refractivity contribution is 5.98. The summed E-state index contributed by atoms with van der Waals surface area (Å²) in [4.78, 5) is 33.6. The number of rotatable bonds is 8. The van der Waals surface area contributed by atoms with E-state index in [1.807, 2.05) is 0 Å². The number of nitro groups is 1. The summed E-state index contributed by atoms with van der Waals surface area (Å²) in [5.41, 5.74) is -0.727. The van der Waals surface area contributed by atoms with Crippen molar-refractivity contribution in [2.45, 2.75) is 25.7 Å². The van der Waals surface area contributed by atoms with Crippen LogP contribution in [0.15, 0.2) is 18.2 Å². The Kier molecular flexibility index (Phi) is 5.50. The van der Waals surface area contributed by atoms with Crippen LogP contribution < -0.4 is 5.32 Å². The molecule has 2 N–H and O–H groups in total. The SMILES string of the molecule is COCCC1(CNC(=O)c2cc(C(=O)O)cc([N+](=O)[O-])c2)CCC1. The molecule has 0 atom stereocenters. The van der Waals surface area contributed by atoms with Gasteiger partial charge in [0.15, 0.2) is 0 Å². The van der Waals surface area contributed by atoms with Crippen molar-refractivity contribution in [1.82, 2.24) is 5.32 Å². The number of carboxylic acid groups (broad SMARTS) is 1. The number of aromatic carboxylic acids is 1. The van der Waals surface area contributed by atoms with Gasteiger partial charge in [-0.1, -0.05) is 6.42 Å². The maximum atomic E-state index is 12.3. The van der Waals surface area contributed by atoms with Gasteiger partial charge < -0.3 is 15.2 Å². The first-order valence-corrected chi connectivity index (χ1v) is 7.67. The van der Waals surface area contributed by atoms with E-state index in [4.69, 9.17) is 9.84 Å². The Hall–Kier alpha value is -2.48. The summed E-state index contributed by atoms with van der Waals surface area (Å²) in [6.07, 6.45) is 3.91. The molecule has 2 rings (SSSR count). The quantitative estimate of drug-likeness (QED) is 0.555. The van der Waals surface area contributed by atoms with E-state index in [9.17, 15) is 19.7 Å². The van der Waals surface area contributed by atoms with E-state index in [1.54, 1.807) is 7.11 Å². The number of hydrogen-bond donors (Lipinski definition) is 2. The fourth-order valence-corrected chi connectivity index (χ4v) is 2.85. The van der Waals surface area contributed by atoms with Gasteiger partial charge in [-0.25, -0.2) is 4.79 Å². The number of methoxy groups -OCH3 is 1. The molecule has 0 aromatic heterocycles. The molecule has 1 aromatic rings. The molecule has 1 aliphatic carbocycles. The number of non-ortho nitro benzene ring substituents is 1. The number of nitrogens with zero attached hydrogens (tertiary/aromatic N) is 1. The third-order valence-electron chi connectivity index (χ3n) is 4.51. The largest absolute Gasteiger partial charge is 0.478 e. The molecule has 1 aromatic carbocycles. The predicted octanol–water partition coefficient (Wildman–Crippen LogP) is 2.23. The van der Waals surface area contributed by atoms with Gasteiger partial charge in [-0.05, 0) is 30.7 Å². The lowest BCUT2D eigenvalue weighted by atomic mass is 9.66. The fourth-order valence-electron chi connectivity index (χ4n) is 2.85. The van der Waals surface area contributed by atoms with Crippen molar-refractivity contribution in [2.75, 3.05) is 20.3 Å². The van der Waals surface area contributed by atoms with Gasteiger partial charge in [-0.3, -0.25) is 14.9 Å². The Morgan fingerprint density at radius 3 is 2.50 bits per heavy atom.